The summed E-state index contributed by atoms with van der Waals surface area (Å²) in [6, 6.07) is 4.50. The Balaban J connectivity index is 2.25. The van der Waals surface area contributed by atoms with Crippen molar-refractivity contribution < 1.29 is 23.1 Å². The van der Waals surface area contributed by atoms with Crippen LogP contribution in [0, 0.1) is 0 Å². The van der Waals surface area contributed by atoms with Crippen molar-refractivity contribution in [3.05, 3.63) is 46.8 Å². The zero-order chi connectivity index (χ0) is 15.6. The van der Waals surface area contributed by atoms with Crippen LogP contribution in [0.1, 0.15) is 27.3 Å². The van der Waals surface area contributed by atoms with E-state index in [1.807, 2.05) is 0 Å². The Morgan fingerprint density at radius 2 is 1.90 bits per heavy atom. The summed E-state index contributed by atoms with van der Waals surface area (Å²) in [7, 11) is 0. The Morgan fingerprint density at radius 3 is 2.38 bits per heavy atom. The minimum Gasteiger partial charge on any atom is -0.476 e. The largest absolute Gasteiger partial charge is 0.476 e. The van der Waals surface area contributed by atoms with Crippen LogP contribution >= 0.6 is 0 Å². The van der Waals surface area contributed by atoms with E-state index in [1.54, 1.807) is 0 Å². The van der Waals surface area contributed by atoms with Crippen molar-refractivity contribution >= 4 is 5.97 Å². The highest BCUT2D eigenvalue weighted by Gasteiger charge is 2.30. The second kappa shape index (κ2) is 5.52. The molecule has 3 N–H and O–H groups in total. The Bertz CT molecular complexity index is 650. The summed E-state index contributed by atoms with van der Waals surface area (Å²) >= 11 is 0. The van der Waals surface area contributed by atoms with E-state index in [9.17, 15) is 18.0 Å². The average molecular weight is 300 g/mol. The van der Waals surface area contributed by atoms with E-state index in [1.165, 1.54) is 16.8 Å². The molecule has 0 saturated heterocycles. The predicted molar refractivity (Wildman–Crippen MR) is 65.4 cm³/mol. The molecule has 0 unspecified atom stereocenters. The van der Waals surface area contributed by atoms with Crippen molar-refractivity contribution in [2.24, 2.45) is 5.73 Å². The number of carbonyl (C=O) groups is 1. The number of carboxylic acids is 1. The molecule has 2 rings (SSSR count). The Labute approximate surface area is 117 Å². The van der Waals surface area contributed by atoms with Crippen molar-refractivity contribution in [1.29, 1.82) is 0 Å². The third-order valence-corrected chi connectivity index (χ3v) is 2.85. The number of halogens is 3. The molecule has 0 atom stereocenters. The maximum atomic E-state index is 12.4. The highest BCUT2D eigenvalue weighted by Crippen LogP contribution is 2.29. The van der Waals surface area contributed by atoms with Gasteiger partial charge in [-0.05, 0) is 17.7 Å². The van der Waals surface area contributed by atoms with Gasteiger partial charge in [-0.2, -0.15) is 13.2 Å². The lowest BCUT2D eigenvalue weighted by atomic mass is 10.1. The van der Waals surface area contributed by atoms with Crippen LogP contribution in [0.3, 0.4) is 0 Å². The zero-order valence-corrected chi connectivity index (χ0v) is 10.6. The molecule has 21 heavy (non-hydrogen) atoms. The van der Waals surface area contributed by atoms with Crippen LogP contribution in [0.5, 0.6) is 0 Å². The molecule has 6 nitrogen and oxygen atoms in total. The molecule has 0 fully saturated rings. The quantitative estimate of drug-likeness (QED) is 0.892. The van der Waals surface area contributed by atoms with Crippen LogP contribution in [0.15, 0.2) is 24.3 Å². The van der Waals surface area contributed by atoms with Gasteiger partial charge in [0.15, 0.2) is 5.69 Å². The van der Waals surface area contributed by atoms with Crippen LogP contribution in [0.2, 0.25) is 0 Å². The summed E-state index contributed by atoms with van der Waals surface area (Å²) in [6.45, 7) is 0.000217. The van der Waals surface area contributed by atoms with E-state index in [0.717, 1.165) is 12.1 Å². The lowest BCUT2D eigenvalue weighted by molar-refractivity contribution is -0.137. The number of aromatic nitrogens is 3. The van der Waals surface area contributed by atoms with Gasteiger partial charge in [0.05, 0.1) is 17.8 Å². The lowest BCUT2D eigenvalue weighted by Crippen LogP contribution is -2.13. The van der Waals surface area contributed by atoms with Crippen LogP contribution in [0.4, 0.5) is 13.2 Å². The Hall–Kier alpha value is -2.42. The van der Waals surface area contributed by atoms with Gasteiger partial charge in [0.2, 0.25) is 0 Å². The van der Waals surface area contributed by atoms with Crippen molar-refractivity contribution in [2.45, 2.75) is 19.3 Å². The fourth-order valence-electron chi connectivity index (χ4n) is 1.80. The summed E-state index contributed by atoms with van der Waals surface area (Å²) in [5.74, 6) is -1.26. The molecule has 0 bridgehead atoms. The van der Waals surface area contributed by atoms with Gasteiger partial charge in [0, 0.05) is 6.54 Å². The fourth-order valence-corrected chi connectivity index (χ4v) is 1.80. The summed E-state index contributed by atoms with van der Waals surface area (Å²) in [6.07, 6.45) is -4.40. The lowest BCUT2D eigenvalue weighted by Gasteiger charge is -2.08. The summed E-state index contributed by atoms with van der Waals surface area (Å²) in [5, 5.41) is 16.1. The normalized spacial score (nSPS) is 11.6. The Kier molecular flexibility index (Phi) is 3.94. The highest BCUT2D eigenvalue weighted by molar-refractivity contribution is 5.86. The van der Waals surface area contributed by atoms with Gasteiger partial charge in [-0.25, -0.2) is 9.48 Å². The van der Waals surface area contributed by atoms with Gasteiger partial charge in [-0.3, -0.25) is 0 Å². The van der Waals surface area contributed by atoms with Gasteiger partial charge >= 0.3 is 12.1 Å². The molecule has 0 radical (unpaired) electrons. The molecule has 0 saturated carbocycles. The number of benzene rings is 1. The molecular weight excluding hydrogens is 289 g/mol. The first-order valence-electron chi connectivity index (χ1n) is 5.84. The molecule has 9 heteroatoms. The number of nitrogens with zero attached hydrogens (tertiary/aromatic N) is 3. The third kappa shape index (κ3) is 3.19. The minimum absolute atomic E-state index is 0.0880. The van der Waals surface area contributed by atoms with E-state index in [4.69, 9.17) is 10.8 Å². The Morgan fingerprint density at radius 1 is 1.29 bits per heavy atom. The zero-order valence-electron chi connectivity index (χ0n) is 10.6. The standard InChI is InChI=1S/C12H11F3N4O2/c13-12(14,15)8-3-1-7(2-4-8)6-19-9(5-16)10(11(20)21)17-18-19/h1-4H,5-6,16H2,(H,20,21). The molecule has 0 aliphatic rings. The summed E-state index contributed by atoms with van der Waals surface area (Å²) in [5.41, 5.74) is 5.18. The van der Waals surface area contributed by atoms with Gasteiger partial charge in [0.1, 0.15) is 0 Å². The number of nitrogens with two attached hydrogens (primary N) is 1. The van der Waals surface area contributed by atoms with Crippen LogP contribution < -0.4 is 5.73 Å². The van der Waals surface area contributed by atoms with Crippen molar-refractivity contribution in [2.75, 3.05) is 0 Å². The first-order valence-corrected chi connectivity index (χ1v) is 5.84. The second-order valence-corrected chi connectivity index (χ2v) is 4.25. The van der Waals surface area contributed by atoms with E-state index in [2.05, 4.69) is 10.3 Å². The van der Waals surface area contributed by atoms with Crippen molar-refractivity contribution in [3.8, 4) is 0 Å². The number of hydrogen-bond donors (Lipinski definition) is 2. The maximum absolute atomic E-state index is 12.4. The summed E-state index contributed by atoms with van der Waals surface area (Å²) < 4.78 is 38.6. The fraction of sp³-hybridized carbons (Fsp3) is 0.250. The van der Waals surface area contributed by atoms with E-state index < -0.39 is 17.7 Å². The minimum atomic E-state index is -4.40. The molecule has 1 aromatic heterocycles. The number of aromatic carboxylic acids is 1. The third-order valence-electron chi connectivity index (χ3n) is 2.85. The van der Waals surface area contributed by atoms with Crippen LogP contribution in [-0.4, -0.2) is 26.1 Å². The van der Waals surface area contributed by atoms with Gasteiger partial charge in [0.25, 0.3) is 0 Å². The van der Waals surface area contributed by atoms with Crippen molar-refractivity contribution in [3.63, 3.8) is 0 Å². The molecule has 0 aliphatic carbocycles. The number of rotatable bonds is 4. The smallest absolute Gasteiger partial charge is 0.416 e. The van der Waals surface area contributed by atoms with Gasteiger partial charge in [-0.1, -0.05) is 17.3 Å². The molecule has 1 aromatic carbocycles. The van der Waals surface area contributed by atoms with E-state index in [-0.39, 0.29) is 24.5 Å². The molecule has 112 valence electrons. The topological polar surface area (TPSA) is 94.0 Å². The SMILES string of the molecule is NCc1c(C(=O)O)nnn1Cc1ccc(C(F)(F)F)cc1. The first kappa shape index (κ1) is 15.0. The molecular formula is C12H11F3N4O2. The first-order chi connectivity index (χ1) is 9.82. The van der Waals surface area contributed by atoms with E-state index >= 15 is 0 Å². The molecule has 1 heterocycles. The molecule has 0 spiro atoms. The average Bonchev–Trinajstić information content (AvgIpc) is 2.81. The molecule has 0 aliphatic heterocycles. The van der Waals surface area contributed by atoms with Crippen LogP contribution in [-0.2, 0) is 19.3 Å². The maximum Gasteiger partial charge on any atom is 0.416 e. The van der Waals surface area contributed by atoms with E-state index in [0.29, 0.717) is 5.56 Å². The van der Waals surface area contributed by atoms with Crippen LogP contribution in [0.25, 0.3) is 0 Å². The monoisotopic (exact) mass is 300 g/mol. The molecule has 2 aromatic rings. The number of hydrogen-bond acceptors (Lipinski definition) is 4. The van der Waals surface area contributed by atoms with Gasteiger partial charge < -0.3 is 10.8 Å². The van der Waals surface area contributed by atoms with Crippen molar-refractivity contribution in [1.82, 2.24) is 15.0 Å². The second-order valence-electron chi connectivity index (χ2n) is 4.25. The number of carboxylic acid groups (broad SMARTS) is 1. The summed E-state index contributed by atoms with van der Waals surface area (Å²) in [4.78, 5) is 10.9. The predicted octanol–water partition coefficient (Wildman–Crippen LogP) is 1.50. The molecule has 0 amide bonds. The number of alkyl halides is 3. The highest BCUT2D eigenvalue weighted by atomic mass is 19.4. The van der Waals surface area contributed by atoms with Gasteiger partial charge in [-0.15, -0.1) is 5.10 Å².